The third-order valence-corrected chi connectivity index (χ3v) is 0.924. The van der Waals surface area contributed by atoms with Crippen molar-refractivity contribution in [1.29, 1.82) is 0 Å². The van der Waals surface area contributed by atoms with Gasteiger partial charge in [-0.1, -0.05) is 0 Å². The zero-order chi connectivity index (χ0) is 5.91. The highest BCUT2D eigenvalue weighted by Gasteiger charge is 2.27. The van der Waals surface area contributed by atoms with Crippen LogP contribution >= 0.6 is 0 Å². The molecule has 0 heterocycles. The second-order valence-corrected chi connectivity index (χ2v) is 2.72. The van der Waals surface area contributed by atoms with E-state index in [0.29, 0.717) is 0 Å². The molecular formula is C2H5F3OSi. The summed E-state index contributed by atoms with van der Waals surface area (Å²) in [6.45, 7) is 0. The van der Waals surface area contributed by atoms with Gasteiger partial charge in [0.15, 0.2) is 0 Å². The minimum Gasteiger partial charge on any atom is -0.417 e. The standard InChI is InChI=1S/C2H5F3OSi/c1-6-7-2(3,4)5/h7H2,1H3. The summed E-state index contributed by atoms with van der Waals surface area (Å²) in [6, 6.07) is 0. The van der Waals surface area contributed by atoms with E-state index in [4.69, 9.17) is 0 Å². The topological polar surface area (TPSA) is 9.23 Å². The van der Waals surface area contributed by atoms with Gasteiger partial charge in [0.2, 0.25) is 0 Å². The second kappa shape index (κ2) is 2.32. The average Bonchev–Trinajstić information content (AvgIpc) is 1.30. The van der Waals surface area contributed by atoms with Crippen molar-refractivity contribution in [2.24, 2.45) is 0 Å². The van der Waals surface area contributed by atoms with Crippen molar-refractivity contribution in [1.82, 2.24) is 0 Å². The summed E-state index contributed by atoms with van der Waals surface area (Å²) in [6.07, 6.45) is 0. The second-order valence-electron chi connectivity index (χ2n) is 1.05. The van der Waals surface area contributed by atoms with E-state index in [2.05, 4.69) is 4.43 Å². The third kappa shape index (κ3) is 5.97. The highest BCUT2D eigenvalue weighted by atomic mass is 28.2. The highest BCUT2D eigenvalue weighted by molar-refractivity contribution is 6.29. The van der Waals surface area contributed by atoms with Crippen molar-refractivity contribution in [3.63, 3.8) is 0 Å². The van der Waals surface area contributed by atoms with Crippen molar-refractivity contribution in [3.8, 4) is 0 Å². The van der Waals surface area contributed by atoms with E-state index in [1.807, 2.05) is 0 Å². The Morgan fingerprint density at radius 1 is 1.43 bits per heavy atom. The number of hydrogen-bond donors (Lipinski definition) is 0. The molecule has 0 aliphatic rings. The summed E-state index contributed by atoms with van der Waals surface area (Å²) in [7, 11) is -1.17. The largest absolute Gasteiger partial charge is 0.417 e. The van der Waals surface area contributed by atoms with Crippen LogP contribution in [0.2, 0.25) is 0 Å². The van der Waals surface area contributed by atoms with Gasteiger partial charge in [0, 0.05) is 7.11 Å². The molecule has 0 aromatic rings. The molecule has 0 saturated heterocycles. The summed E-state index contributed by atoms with van der Waals surface area (Å²) in [5.41, 5.74) is 0. The summed E-state index contributed by atoms with van der Waals surface area (Å²) in [5, 5.41) is 0. The Hall–Kier alpha value is -0.0331. The van der Waals surface area contributed by atoms with Crippen LogP contribution in [-0.4, -0.2) is 22.7 Å². The van der Waals surface area contributed by atoms with Gasteiger partial charge in [-0.15, -0.1) is 0 Å². The van der Waals surface area contributed by atoms with Crippen LogP contribution in [0.25, 0.3) is 0 Å². The third-order valence-electron chi connectivity index (χ3n) is 0.308. The lowest BCUT2D eigenvalue weighted by molar-refractivity contribution is -0.0577. The van der Waals surface area contributed by atoms with Crippen LogP contribution in [0.3, 0.4) is 0 Å². The fourth-order valence-electron chi connectivity index (χ4n) is 0.164. The first kappa shape index (κ1) is 6.97. The minimum absolute atomic E-state index is 1.07. The molecular weight excluding hydrogens is 125 g/mol. The Labute approximate surface area is 41.4 Å². The zero-order valence-corrected chi connectivity index (χ0v) is 5.16. The molecule has 0 atom stereocenters. The lowest BCUT2D eigenvalue weighted by Crippen LogP contribution is -2.19. The molecule has 0 fully saturated rings. The van der Waals surface area contributed by atoms with Gasteiger partial charge in [0.25, 0.3) is 9.76 Å². The molecule has 0 rings (SSSR count). The Bertz CT molecular complexity index is 51.4. The first-order chi connectivity index (χ1) is 3.06. The molecule has 0 unspecified atom stereocenters. The van der Waals surface area contributed by atoms with Crippen LogP contribution < -0.4 is 0 Å². The van der Waals surface area contributed by atoms with Gasteiger partial charge in [-0.3, -0.25) is 0 Å². The highest BCUT2D eigenvalue weighted by Crippen LogP contribution is 2.11. The van der Waals surface area contributed by atoms with E-state index in [1.165, 1.54) is 0 Å². The van der Waals surface area contributed by atoms with Gasteiger partial charge < -0.3 is 4.43 Å². The van der Waals surface area contributed by atoms with E-state index in [1.54, 1.807) is 0 Å². The normalized spacial score (nSPS) is 13.7. The molecule has 0 spiro atoms. The maximum Gasteiger partial charge on any atom is 0.382 e. The van der Waals surface area contributed by atoms with Gasteiger partial charge in [-0.25, -0.2) is 0 Å². The van der Waals surface area contributed by atoms with Crippen LogP contribution in [0, 0.1) is 0 Å². The van der Waals surface area contributed by atoms with E-state index >= 15 is 0 Å². The quantitative estimate of drug-likeness (QED) is 0.462. The number of halogens is 3. The molecule has 0 bridgehead atoms. The fraction of sp³-hybridized carbons (Fsp3) is 1.00. The van der Waals surface area contributed by atoms with Gasteiger partial charge in [0.05, 0.1) is 0 Å². The van der Waals surface area contributed by atoms with E-state index in [-0.39, 0.29) is 0 Å². The Morgan fingerprint density at radius 3 is 1.86 bits per heavy atom. The predicted molar refractivity (Wildman–Crippen MR) is 21.6 cm³/mol. The molecule has 0 aromatic heterocycles. The number of rotatable bonds is 1. The Balaban J connectivity index is 3.15. The monoisotopic (exact) mass is 130 g/mol. The van der Waals surface area contributed by atoms with Gasteiger partial charge in [0.1, 0.15) is 0 Å². The smallest absolute Gasteiger partial charge is 0.382 e. The molecule has 44 valence electrons. The number of hydrogen-bond acceptors (Lipinski definition) is 1. The molecule has 0 N–H and O–H groups in total. The zero-order valence-electron chi connectivity index (χ0n) is 3.75. The molecule has 0 aliphatic carbocycles. The summed E-state index contributed by atoms with van der Waals surface area (Å²) in [5.74, 6) is -4.03. The maximum absolute atomic E-state index is 11.0. The molecule has 0 aromatic carbocycles. The fourth-order valence-corrected chi connectivity index (χ4v) is 0.491. The van der Waals surface area contributed by atoms with Crippen molar-refractivity contribution >= 4 is 9.76 Å². The summed E-state index contributed by atoms with van der Waals surface area (Å²) >= 11 is 0. The number of alkyl halides is 3. The van der Waals surface area contributed by atoms with Crippen LogP contribution in [0.5, 0.6) is 0 Å². The Morgan fingerprint density at radius 2 is 1.86 bits per heavy atom. The molecule has 5 heteroatoms. The first-order valence-corrected chi connectivity index (χ1v) is 2.90. The van der Waals surface area contributed by atoms with Crippen LogP contribution in [0.1, 0.15) is 0 Å². The molecule has 0 amide bonds. The minimum atomic E-state index is -4.03. The lowest BCUT2D eigenvalue weighted by Gasteiger charge is -2.00. The molecule has 1 nitrogen and oxygen atoms in total. The van der Waals surface area contributed by atoms with Crippen molar-refractivity contribution in [2.45, 2.75) is 5.80 Å². The van der Waals surface area contributed by atoms with Crippen LogP contribution in [-0.2, 0) is 4.43 Å². The molecule has 0 radical (unpaired) electrons. The summed E-state index contributed by atoms with van der Waals surface area (Å²) in [4.78, 5) is 0. The molecule has 0 saturated carbocycles. The van der Waals surface area contributed by atoms with Crippen molar-refractivity contribution in [2.75, 3.05) is 7.11 Å². The van der Waals surface area contributed by atoms with Crippen molar-refractivity contribution < 1.29 is 17.6 Å². The van der Waals surface area contributed by atoms with Gasteiger partial charge >= 0.3 is 5.80 Å². The van der Waals surface area contributed by atoms with Gasteiger partial charge in [-0.2, -0.15) is 13.2 Å². The van der Waals surface area contributed by atoms with E-state index < -0.39 is 15.6 Å². The molecule has 7 heavy (non-hydrogen) atoms. The average molecular weight is 130 g/mol. The summed E-state index contributed by atoms with van der Waals surface area (Å²) < 4.78 is 36.9. The van der Waals surface area contributed by atoms with Crippen molar-refractivity contribution in [3.05, 3.63) is 0 Å². The SMILES string of the molecule is CO[SiH2]C(F)(F)F. The van der Waals surface area contributed by atoms with E-state index in [9.17, 15) is 13.2 Å². The Kier molecular flexibility index (Phi) is 2.31. The van der Waals surface area contributed by atoms with Gasteiger partial charge in [-0.05, 0) is 0 Å². The molecule has 0 aliphatic heterocycles. The first-order valence-electron chi connectivity index (χ1n) is 1.62. The maximum atomic E-state index is 11.0. The predicted octanol–water partition coefficient (Wildman–Crippen LogP) is 0.236. The van der Waals surface area contributed by atoms with E-state index in [0.717, 1.165) is 7.11 Å². The lowest BCUT2D eigenvalue weighted by atomic mass is 11.5. The van der Waals surface area contributed by atoms with Crippen LogP contribution in [0.15, 0.2) is 0 Å². The van der Waals surface area contributed by atoms with Crippen LogP contribution in [0.4, 0.5) is 13.2 Å².